The highest BCUT2D eigenvalue weighted by Crippen LogP contribution is 2.36. The van der Waals surface area contributed by atoms with Crippen molar-refractivity contribution in [2.45, 2.75) is 42.8 Å². The van der Waals surface area contributed by atoms with Crippen LogP contribution in [-0.4, -0.2) is 4.83 Å². The number of benzene rings is 2. The molecule has 0 bridgehead atoms. The number of hydrogen-bond acceptors (Lipinski definition) is 0. The van der Waals surface area contributed by atoms with Crippen molar-refractivity contribution in [1.29, 1.82) is 0 Å². The maximum atomic E-state index is 3.90. The highest BCUT2D eigenvalue weighted by molar-refractivity contribution is 9.09. The fraction of sp³-hybridized carbons (Fsp3) is 0.368. The zero-order chi connectivity index (χ0) is 13.8. The fourth-order valence-electron chi connectivity index (χ4n) is 3.19. The van der Waals surface area contributed by atoms with Gasteiger partial charge in [-0.25, -0.2) is 0 Å². The number of halogens is 1. The summed E-state index contributed by atoms with van der Waals surface area (Å²) in [4.78, 5) is 0.646. The Morgan fingerprint density at radius 1 is 0.700 bits per heavy atom. The van der Waals surface area contributed by atoms with Gasteiger partial charge < -0.3 is 0 Å². The lowest BCUT2D eigenvalue weighted by molar-refractivity contribution is 0.612. The summed E-state index contributed by atoms with van der Waals surface area (Å²) in [5, 5.41) is 0. The molecule has 0 aliphatic heterocycles. The molecule has 1 saturated carbocycles. The Kier molecular flexibility index (Phi) is 4.57. The molecule has 0 spiro atoms. The van der Waals surface area contributed by atoms with Crippen molar-refractivity contribution in [2.24, 2.45) is 0 Å². The molecule has 0 aromatic heterocycles. The third-order valence-electron chi connectivity index (χ3n) is 4.38. The monoisotopic (exact) mass is 328 g/mol. The van der Waals surface area contributed by atoms with Crippen LogP contribution in [-0.2, 0) is 0 Å². The van der Waals surface area contributed by atoms with Gasteiger partial charge in [0, 0.05) is 4.83 Å². The lowest BCUT2D eigenvalue weighted by atomic mass is 9.90. The van der Waals surface area contributed by atoms with Crippen LogP contribution < -0.4 is 0 Å². The third-order valence-corrected chi connectivity index (χ3v) is 5.47. The van der Waals surface area contributed by atoms with Crippen LogP contribution in [0.3, 0.4) is 0 Å². The Morgan fingerprint density at radius 2 is 1.35 bits per heavy atom. The minimum absolute atomic E-state index is 0.646. The van der Waals surface area contributed by atoms with Gasteiger partial charge in [-0.15, -0.1) is 0 Å². The molecule has 0 amide bonds. The van der Waals surface area contributed by atoms with Crippen molar-refractivity contribution in [3.05, 3.63) is 60.2 Å². The van der Waals surface area contributed by atoms with Crippen LogP contribution in [0.25, 0.3) is 11.1 Å². The Balaban J connectivity index is 1.82. The average molecular weight is 329 g/mol. The second-order valence-electron chi connectivity index (χ2n) is 5.75. The van der Waals surface area contributed by atoms with Crippen LogP contribution in [0.1, 0.15) is 43.6 Å². The highest BCUT2D eigenvalue weighted by atomic mass is 79.9. The molecule has 104 valence electrons. The van der Waals surface area contributed by atoms with Gasteiger partial charge in [-0.3, -0.25) is 0 Å². The number of hydrogen-bond donors (Lipinski definition) is 0. The van der Waals surface area contributed by atoms with E-state index < -0.39 is 0 Å². The van der Waals surface area contributed by atoms with Crippen LogP contribution in [0.4, 0.5) is 0 Å². The second-order valence-corrected chi connectivity index (χ2v) is 6.92. The van der Waals surface area contributed by atoms with Gasteiger partial charge in [0.15, 0.2) is 0 Å². The topological polar surface area (TPSA) is 0 Å². The van der Waals surface area contributed by atoms with E-state index in [-0.39, 0.29) is 0 Å². The highest BCUT2D eigenvalue weighted by Gasteiger charge is 2.22. The first kappa shape index (κ1) is 13.9. The largest absolute Gasteiger partial charge is 0.0884 e. The zero-order valence-electron chi connectivity index (χ0n) is 11.8. The molecule has 1 aliphatic rings. The third kappa shape index (κ3) is 3.15. The van der Waals surface area contributed by atoms with Crippen LogP contribution in [0, 0.1) is 0 Å². The van der Waals surface area contributed by atoms with E-state index in [2.05, 4.69) is 70.5 Å². The molecule has 1 aliphatic carbocycles. The molecule has 2 aromatic carbocycles. The molecule has 1 heteroatoms. The average Bonchev–Trinajstić information content (AvgIpc) is 2.73. The Hall–Kier alpha value is -1.08. The molecule has 0 heterocycles. The molecule has 20 heavy (non-hydrogen) atoms. The number of alkyl halides is 1. The summed E-state index contributed by atoms with van der Waals surface area (Å²) in [5.74, 6) is 0.683. The molecule has 0 nitrogen and oxygen atoms in total. The predicted octanol–water partition coefficient (Wildman–Crippen LogP) is 6.16. The summed E-state index contributed by atoms with van der Waals surface area (Å²) >= 11 is 3.90. The van der Waals surface area contributed by atoms with Crippen molar-refractivity contribution in [1.82, 2.24) is 0 Å². The summed E-state index contributed by atoms with van der Waals surface area (Å²) in [6.07, 6.45) is 6.76. The van der Waals surface area contributed by atoms with E-state index in [4.69, 9.17) is 0 Å². The molecular weight excluding hydrogens is 308 g/mol. The van der Waals surface area contributed by atoms with E-state index >= 15 is 0 Å². The standard InChI is InChI=1S/C19H21Br/c20-19-10-6-2-5-9-18(19)17-13-11-16(12-14-17)15-7-3-1-4-8-15/h1,3-4,7-8,11-14,18-19H,2,5-6,9-10H2. The van der Waals surface area contributed by atoms with Crippen molar-refractivity contribution in [3.8, 4) is 11.1 Å². The van der Waals surface area contributed by atoms with Crippen molar-refractivity contribution >= 4 is 15.9 Å². The van der Waals surface area contributed by atoms with E-state index in [9.17, 15) is 0 Å². The molecule has 0 saturated heterocycles. The van der Waals surface area contributed by atoms with Gasteiger partial charge >= 0.3 is 0 Å². The van der Waals surface area contributed by atoms with E-state index in [0.29, 0.717) is 10.7 Å². The fourth-order valence-corrected chi connectivity index (χ4v) is 4.08. The number of rotatable bonds is 2. The van der Waals surface area contributed by atoms with Gasteiger partial charge in [-0.05, 0) is 35.4 Å². The minimum atomic E-state index is 0.646. The summed E-state index contributed by atoms with van der Waals surface area (Å²) in [7, 11) is 0. The zero-order valence-corrected chi connectivity index (χ0v) is 13.4. The normalized spacial score (nSPS) is 23.2. The molecule has 2 unspecified atom stereocenters. The molecule has 3 rings (SSSR count). The smallest absolute Gasteiger partial charge is 0.0214 e. The van der Waals surface area contributed by atoms with Crippen LogP contribution >= 0.6 is 15.9 Å². The SMILES string of the molecule is BrC1CCCCCC1c1ccc(-c2ccccc2)cc1. The van der Waals surface area contributed by atoms with E-state index in [1.54, 1.807) is 0 Å². The molecular formula is C19H21Br. The first-order valence-corrected chi connectivity index (χ1v) is 8.55. The summed E-state index contributed by atoms with van der Waals surface area (Å²) < 4.78 is 0. The molecule has 2 aromatic rings. The van der Waals surface area contributed by atoms with Gasteiger partial charge in [0.05, 0.1) is 0 Å². The van der Waals surface area contributed by atoms with Gasteiger partial charge in [0.1, 0.15) is 0 Å². The van der Waals surface area contributed by atoms with Crippen molar-refractivity contribution < 1.29 is 0 Å². The van der Waals surface area contributed by atoms with Crippen molar-refractivity contribution in [2.75, 3.05) is 0 Å². The van der Waals surface area contributed by atoms with Crippen LogP contribution in [0.15, 0.2) is 54.6 Å². The van der Waals surface area contributed by atoms with E-state index in [1.165, 1.54) is 48.8 Å². The maximum Gasteiger partial charge on any atom is 0.0214 e. The van der Waals surface area contributed by atoms with Crippen LogP contribution in [0.2, 0.25) is 0 Å². The summed E-state index contributed by atoms with van der Waals surface area (Å²) in [6, 6.07) is 19.8. The van der Waals surface area contributed by atoms with Gasteiger partial charge in [0.25, 0.3) is 0 Å². The summed E-state index contributed by atoms with van der Waals surface area (Å²) in [6.45, 7) is 0. The van der Waals surface area contributed by atoms with Gasteiger partial charge in [-0.2, -0.15) is 0 Å². The first-order chi connectivity index (χ1) is 9.84. The van der Waals surface area contributed by atoms with Crippen LogP contribution in [0.5, 0.6) is 0 Å². The predicted molar refractivity (Wildman–Crippen MR) is 90.4 cm³/mol. The van der Waals surface area contributed by atoms with Gasteiger partial charge in [0.2, 0.25) is 0 Å². The van der Waals surface area contributed by atoms with Crippen molar-refractivity contribution in [3.63, 3.8) is 0 Å². The van der Waals surface area contributed by atoms with Gasteiger partial charge in [-0.1, -0.05) is 89.8 Å². The first-order valence-electron chi connectivity index (χ1n) is 7.64. The molecule has 0 radical (unpaired) electrons. The quantitative estimate of drug-likeness (QED) is 0.457. The molecule has 1 fully saturated rings. The maximum absolute atomic E-state index is 3.90. The Morgan fingerprint density at radius 3 is 2.10 bits per heavy atom. The van der Waals surface area contributed by atoms with E-state index in [0.717, 1.165) is 0 Å². The van der Waals surface area contributed by atoms with E-state index in [1.807, 2.05) is 0 Å². The minimum Gasteiger partial charge on any atom is -0.0884 e. The molecule has 0 N–H and O–H groups in total. The lowest BCUT2D eigenvalue weighted by Crippen LogP contribution is -2.10. The molecule has 2 atom stereocenters. The summed E-state index contributed by atoms with van der Waals surface area (Å²) in [5.41, 5.74) is 4.11. The Bertz CT molecular complexity index is 529. The lowest BCUT2D eigenvalue weighted by Gasteiger charge is -2.20. The Labute approximate surface area is 130 Å². The second kappa shape index (κ2) is 6.58.